The summed E-state index contributed by atoms with van der Waals surface area (Å²) in [6.45, 7) is 0. The molecule has 88 valence electrons. The zero-order valence-corrected chi connectivity index (χ0v) is 10.1. The fraction of sp³-hybridized carbons (Fsp3) is 0.154. The Morgan fingerprint density at radius 2 is 2.12 bits per heavy atom. The fourth-order valence-electron chi connectivity index (χ4n) is 1.60. The molecule has 0 spiro atoms. The standard InChI is InChI=1S/C13H12ClNO2/c1-17-11-4-2-3-9(8-11)7-10-5-6-12(14)13(16)15-10/h2-6,8H,7H2,1H3,(H,15,16). The van der Waals surface area contributed by atoms with Gasteiger partial charge in [0.1, 0.15) is 10.8 Å². The van der Waals surface area contributed by atoms with E-state index in [1.165, 1.54) is 0 Å². The molecule has 4 heteroatoms. The van der Waals surface area contributed by atoms with Gasteiger partial charge in [0.15, 0.2) is 0 Å². The van der Waals surface area contributed by atoms with E-state index in [1.54, 1.807) is 13.2 Å². The minimum atomic E-state index is -0.257. The summed E-state index contributed by atoms with van der Waals surface area (Å²) >= 11 is 5.67. The average molecular weight is 250 g/mol. The number of pyridine rings is 1. The van der Waals surface area contributed by atoms with E-state index < -0.39 is 0 Å². The van der Waals surface area contributed by atoms with Gasteiger partial charge in [0, 0.05) is 12.1 Å². The number of halogens is 1. The number of methoxy groups -OCH3 is 1. The maximum absolute atomic E-state index is 11.3. The Morgan fingerprint density at radius 3 is 2.82 bits per heavy atom. The second-order valence-corrected chi connectivity index (χ2v) is 4.10. The van der Waals surface area contributed by atoms with Crippen molar-refractivity contribution in [3.05, 3.63) is 63.0 Å². The molecule has 0 aliphatic carbocycles. The molecule has 0 saturated carbocycles. The number of rotatable bonds is 3. The van der Waals surface area contributed by atoms with E-state index in [-0.39, 0.29) is 10.6 Å². The zero-order chi connectivity index (χ0) is 12.3. The fourth-order valence-corrected chi connectivity index (χ4v) is 1.71. The van der Waals surface area contributed by atoms with E-state index in [0.717, 1.165) is 17.0 Å². The van der Waals surface area contributed by atoms with Gasteiger partial charge in [0.05, 0.1) is 7.11 Å². The molecule has 0 aliphatic rings. The largest absolute Gasteiger partial charge is 0.497 e. The molecule has 1 aromatic carbocycles. The molecule has 0 radical (unpaired) electrons. The molecule has 2 aromatic rings. The number of hydrogen-bond acceptors (Lipinski definition) is 2. The van der Waals surface area contributed by atoms with Gasteiger partial charge in [-0.3, -0.25) is 4.79 Å². The van der Waals surface area contributed by atoms with Crippen molar-refractivity contribution < 1.29 is 4.74 Å². The number of aromatic nitrogens is 1. The molecule has 1 heterocycles. The Labute approximate surface area is 104 Å². The monoisotopic (exact) mass is 249 g/mol. The van der Waals surface area contributed by atoms with Gasteiger partial charge in [-0.25, -0.2) is 0 Å². The van der Waals surface area contributed by atoms with Crippen molar-refractivity contribution in [3.63, 3.8) is 0 Å². The quantitative estimate of drug-likeness (QED) is 0.909. The highest BCUT2D eigenvalue weighted by atomic mass is 35.5. The third kappa shape index (κ3) is 2.88. The Morgan fingerprint density at radius 1 is 1.29 bits per heavy atom. The summed E-state index contributed by atoms with van der Waals surface area (Å²) in [5.74, 6) is 0.804. The van der Waals surface area contributed by atoms with E-state index in [4.69, 9.17) is 16.3 Å². The van der Waals surface area contributed by atoms with E-state index in [0.29, 0.717) is 6.42 Å². The van der Waals surface area contributed by atoms with Crippen LogP contribution in [-0.4, -0.2) is 12.1 Å². The van der Waals surface area contributed by atoms with Crippen molar-refractivity contribution >= 4 is 11.6 Å². The van der Waals surface area contributed by atoms with Crippen molar-refractivity contribution in [3.8, 4) is 5.75 Å². The maximum Gasteiger partial charge on any atom is 0.266 e. The summed E-state index contributed by atoms with van der Waals surface area (Å²) in [5.41, 5.74) is 1.64. The third-order valence-corrected chi connectivity index (χ3v) is 2.75. The molecule has 0 unspecified atom stereocenters. The van der Waals surface area contributed by atoms with Crippen LogP contribution in [0.15, 0.2) is 41.2 Å². The lowest BCUT2D eigenvalue weighted by Crippen LogP contribution is -2.08. The van der Waals surface area contributed by atoms with Crippen LogP contribution in [0.4, 0.5) is 0 Å². The zero-order valence-electron chi connectivity index (χ0n) is 9.37. The first-order valence-electron chi connectivity index (χ1n) is 5.19. The van der Waals surface area contributed by atoms with Crippen LogP contribution in [0.3, 0.4) is 0 Å². The highest BCUT2D eigenvalue weighted by molar-refractivity contribution is 6.30. The molecule has 2 rings (SSSR count). The molecule has 1 N–H and O–H groups in total. The SMILES string of the molecule is COc1cccc(Cc2ccc(Cl)c(=O)[nH]2)c1. The minimum absolute atomic E-state index is 0.208. The highest BCUT2D eigenvalue weighted by Gasteiger charge is 2.01. The molecule has 0 amide bonds. The summed E-state index contributed by atoms with van der Waals surface area (Å²) in [7, 11) is 1.63. The van der Waals surface area contributed by atoms with Crippen LogP contribution in [0.2, 0.25) is 5.02 Å². The molecule has 17 heavy (non-hydrogen) atoms. The Bertz CT molecular complexity index is 578. The van der Waals surface area contributed by atoms with Gasteiger partial charge in [-0.1, -0.05) is 23.7 Å². The molecular weight excluding hydrogens is 238 g/mol. The summed E-state index contributed by atoms with van der Waals surface area (Å²) in [5, 5.41) is 0.208. The van der Waals surface area contributed by atoms with Crippen LogP contribution in [0, 0.1) is 0 Å². The van der Waals surface area contributed by atoms with Crippen LogP contribution >= 0.6 is 11.6 Å². The molecule has 0 fully saturated rings. The highest BCUT2D eigenvalue weighted by Crippen LogP contribution is 2.15. The van der Waals surface area contributed by atoms with Gasteiger partial charge >= 0.3 is 0 Å². The molecule has 0 saturated heterocycles. The van der Waals surface area contributed by atoms with Gasteiger partial charge in [-0.05, 0) is 29.8 Å². The van der Waals surface area contributed by atoms with E-state index >= 15 is 0 Å². The van der Waals surface area contributed by atoms with Crippen molar-refractivity contribution in [2.24, 2.45) is 0 Å². The van der Waals surface area contributed by atoms with Crippen molar-refractivity contribution in [2.75, 3.05) is 7.11 Å². The van der Waals surface area contributed by atoms with Crippen LogP contribution in [0.1, 0.15) is 11.3 Å². The van der Waals surface area contributed by atoms with Crippen LogP contribution in [0.5, 0.6) is 5.75 Å². The molecule has 3 nitrogen and oxygen atoms in total. The smallest absolute Gasteiger partial charge is 0.266 e. The number of hydrogen-bond donors (Lipinski definition) is 1. The summed E-state index contributed by atoms with van der Waals surface area (Å²) in [6.07, 6.45) is 0.642. The normalized spacial score (nSPS) is 10.2. The van der Waals surface area contributed by atoms with Gasteiger partial charge in [-0.15, -0.1) is 0 Å². The molecular formula is C13H12ClNO2. The van der Waals surface area contributed by atoms with Gasteiger partial charge in [0.2, 0.25) is 0 Å². The lowest BCUT2D eigenvalue weighted by Gasteiger charge is -2.04. The van der Waals surface area contributed by atoms with E-state index in [1.807, 2.05) is 30.3 Å². The Balaban J connectivity index is 2.25. The first-order valence-corrected chi connectivity index (χ1v) is 5.57. The number of aromatic amines is 1. The van der Waals surface area contributed by atoms with Crippen LogP contribution in [0.25, 0.3) is 0 Å². The predicted molar refractivity (Wildman–Crippen MR) is 67.9 cm³/mol. The topological polar surface area (TPSA) is 42.1 Å². The molecule has 0 aliphatic heterocycles. The first-order chi connectivity index (χ1) is 8.19. The van der Waals surface area contributed by atoms with Crippen molar-refractivity contribution in [1.29, 1.82) is 0 Å². The average Bonchev–Trinajstić information content (AvgIpc) is 2.34. The first kappa shape index (κ1) is 11.7. The summed E-state index contributed by atoms with van der Waals surface area (Å²) in [6, 6.07) is 11.1. The number of ether oxygens (including phenoxy) is 1. The molecule has 1 aromatic heterocycles. The van der Waals surface area contributed by atoms with Crippen LogP contribution < -0.4 is 10.3 Å². The lowest BCUT2D eigenvalue weighted by atomic mass is 10.1. The van der Waals surface area contributed by atoms with E-state index in [2.05, 4.69) is 4.98 Å². The minimum Gasteiger partial charge on any atom is -0.497 e. The summed E-state index contributed by atoms with van der Waals surface area (Å²) < 4.78 is 5.14. The Hall–Kier alpha value is -1.74. The molecule has 0 bridgehead atoms. The lowest BCUT2D eigenvalue weighted by molar-refractivity contribution is 0.414. The van der Waals surface area contributed by atoms with Gasteiger partial charge in [0.25, 0.3) is 5.56 Å². The van der Waals surface area contributed by atoms with E-state index in [9.17, 15) is 4.79 Å². The van der Waals surface area contributed by atoms with Gasteiger partial charge < -0.3 is 9.72 Å². The second kappa shape index (κ2) is 5.06. The van der Waals surface area contributed by atoms with Crippen molar-refractivity contribution in [2.45, 2.75) is 6.42 Å². The number of H-pyrrole nitrogens is 1. The predicted octanol–water partition coefficient (Wildman–Crippen LogP) is 2.63. The molecule has 0 atom stereocenters. The maximum atomic E-state index is 11.3. The van der Waals surface area contributed by atoms with Crippen molar-refractivity contribution in [1.82, 2.24) is 4.98 Å². The third-order valence-electron chi connectivity index (χ3n) is 2.45. The summed E-state index contributed by atoms with van der Waals surface area (Å²) in [4.78, 5) is 14.1. The second-order valence-electron chi connectivity index (χ2n) is 3.69. The Kier molecular flexibility index (Phi) is 3.49. The van der Waals surface area contributed by atoms with Gasteiger partial charge in [-0.2, -0.15) is 0 Å². The number of benzene rings is 1. The van der Waals surface area contributed by atoms with Crippen LogP contribution in [-0.2, 0) is 6.42 Å². The number of nitrogens with one attached hydrogen (secondary N) is 1.